The van der Waals surface area contributed by atoms with E-state index in [0.29, 0.717) is 0 Å². The minimum Gasteiger partial charge on any atom is -0.310 e. The van der Waals surface area contributed by atoms with Crippen LogP contribution in [0.25, 0.3) is 23.3 Å². The third-order valence-corrected chi connectivity index (χ3v) is 10.2. The van der Waals surface area contributed by atoms with Crippen LogP contribution in [0.5, 0.6) is 0 Å². The summed E-state index contributed by atoms with van der Waals surface area (Å²) in [6.07, 6.45) is 4.46. The summed E-state index contributed by atoms with van der Waals surface area (Å²) in [6.45, 7) is 9.02. The van der Waals surface area contributed by atoms with Gasteiger partial charge in [0.05, 0.1) is 0 Å². The van der Waals surface area contributed by atoms with E-state index in [4.69, 9.17) is 0 Å². The number of hydrogen-bond acceptors (Lipinski definition) is 2. The van der Waals surface area contributed by atoms with E-state index in [1.165, 1.54) is 55.9 Å². The highest BCUT2D eigenvalue weighted by atomic mass is 15.1. The minimum atomic E-state index is -0.139. The van der Waals surface area contributed by atoms with Gasteiger partial charge in [-0.15, -0.1) is 0 Å². The number of aryl methyl sites for hydroxylation is 2. The highest BCUT2D eigenvalue weighted by Gasteiger charge is 2.36. The standard InChI is InChI=1S/C49H42N2/c1-35-19-26-41(27-20-35)51(48-18-12-11-13-36(48)2)42-28-23-37(24-29-42)21-22-38-25-31-44-45-32-30-43(34-47(45)49(3,4)46(44)33-38)50(39-14-7-5-8-15-39)40-16-9-6-10-17-40/h5-34H,1-4H3. The lowest BCUT2D eigenvalue weighted by molar-refractivity contribution is 0.660. The van der Waals surface area contributed by atoms with Gasteiger partial charge in [0.25, 0.3) is 0 Å². The van der Waals surface area contributed by atoms with Crippen LogP contribution in [-0.2, 0) is 5.41 Å². The predicted molar refractivity (Wildman–Crippen MR) is 218 cm³/mol. The molecular formula is C49H42N2. The average molecular weight is 659 g/mol. The molecule has 51 heavy (non-hydrogen) atoms. The van der Waals surface area contributed by atoms with Crippen LogP contribution in [0.15, 0.2) is 170 Å². The van der Waals surface area contributed by atoms with Gasteiger partial charge in [0.1, 0.15) is 0 Å². The Kier molecular flexibility index (Phi) is 8.37. The van der Waals surface area contributed by atoms with Gasteiger partial charge in [-0.05, 0) is 120 Å². The van der Waals surface area contributed by atoms with Crippen LogP contribution in [0.2, 0.25) is 0 Å². The molecule has 0 N–H and O–H groups in total. The number of rotatable bonds is 8. The molecule has 0 unspecified atom stereocenters. The second kappa shape index (κ2) is 13.3. The molecule has 0 fully saturated rings. The van der Waals surface area contributed by atoms with E-state index in [1.54, 1.807) is 0 Å². The number of fused-ring (bicyclic) bond motifs is 3. The Morgan fingerprint density at radius 1 is 0.412 bits per heavy atom. The quantitative estimate of drug-likeness (QED) is 0.150. The van der Waals surface area contributed by atoms with Crippen molar-refractivity contribution in [2.24, 2.45) is 0 Å². The number of anilines is 6. The molecule has 7 aromatic carbocycles. The van der Waals surface area contributed by atoms with Crippen molar-refractivity contribution in [3.05, 3.63) is 203 Å². The fourth-order valence-electron chi connectivity index (χ4n) is 7.45. The van der Waals surface area contributed by atoms with E-state index in [9.17, 15) is 0 Å². The van der Waals surface area contributed by atoms with Crippen LogP contribution >= 0.6 is 0 Å². The largest absolute Gasteiger partial charge is 0.310 e. The highest BCUT2D eigenvalue weighted by molar-refractivity contribution is 5.87. The van der Waals surface area contributed by atoms with E-state index in [2.05, 4.69) is 220 Å². The Balaban J connectivity index is 1.08. The molecule has 0 atom stereocenters. The molecule has 1 aliphatic rings. The summed E-state index contributed by atoms with van der Waals surface area (Å²) in [5.41, 5.74) is 17.0. The number of benzene rings is 7. The summed E-state index contributed by atoms with van der Waals surface area (Å²) >= 11 is 0. The van der Waals surface area contributed by atoms with Crippen LogP contribution in [0.1, 0.15) is 47.2 Å². The van der Waals surface area contributed by atoms with E-state index in [0.717, 1.165) is 22.7 Å². The van der Waals surface area contributed by atoms with Gasteiger partial charge < -0.3 is 9.80 Å². The molecule has 0 aliphatic heterocycles. The van der Waals surface area contributed by atoms with Gasteiger partial charge in [0, 0.05) is 39.5 Å². The highest BCUT2D eigenvalue weighted by Crippen LogP contribution is 2.51. The lowest BCUT2D eigenvalue weighted by Gasteiger charge is -2.28. The van der Waals surface area contributed by atoms with Gasteiger partial charge in [0.15, 0.2) is 0 Å². The summed E-state index contributed by atoms with van der Waals surface area (Å²) in [5.74, 6) is 0. The van der Waals surface area contributed by atoms with Crippen molar-refractivity contribution < 1.29 is 0 Å². The fourth-order valence-corrected chi connectivity index (χ4v) is 7.45. The normalized spacial score (nSPS) is 12.8. The third kappa shape index (κ3) is 6.15. The lowest BCUT2D eigenvalue weighted by Crippen LogP contribution is -2.16. The van der Waals surface area contributed by atoms with Crippen molar-refractivity contribution in [3.63, 3.8) is 0 Å². The summed E-state index contributed by atoms with van der Waals surface area (Å²) in [6, 6.07) is 61.4. The molecule has 0 radical (unpaired) electrons. The maximum atomic E-state index is 2.39. The predicted octanol–water partition coefficient (Wildman–Crippen LogP) is 13.7. The monoisotopic (exact) mass is 658 g/mol. The summed E-state index contributed by atoms with van der Waals surface area (Å²) in [5, 5.41) is 0. The van der Waals surface area contributed by atoms with Crippen molar-refractivity contribution >= 4 is 46.3 Å². The van der Waals surface area contributed by atoms with Crippen LogP contribution in [0, 0.1) is 13.8 Å². The van der Waals surface area contributed by atoms with Crippen LogP contribution < -0.4 is 9.80 Å². The first kappa shape index (κ1) is 32.1. The molecule has 0 amide bonds. The average Bonchev–Trinajstić information content (AvgIpc) is 3.39. The van der Waals surface area contributed by atoms with Gasteiger partial charge in [-0.25, -0.2) is 0 Å². The van der Waals surface area contributed by atoms with E-state index < -0.39 is 0 Å². The Bertz CT molecular complexity index is 2290. The molecule has 0 spiro atoms. The Morgan fingerprint density at radius 3 is 1.51 bits per heavy atom. The molecule has 0 saturated heterocycles. The zero-order valence-corrected chi connectivity index (χ0v) is 29.7. The maximum absolute atomic E-state index is 2.39. The van der Waals surface area contributed by atoms with Gasteiger partial charge in [-0.3, -0.25) is 0 Å². The second-order valence-electron chi connectivity index (χ2n) is 14.0. The fraction of sp³-hybridized carbons (Fsp3) is 0.102. The smallest absolute Gasteiger partial charge is 0.0490 e. The number of nitrogens with zero attached hydrogens (tertiary/aromatic N) is 2. The maximum Gasteiger partial charge on any atom is 0.0490 e. The molecule has 0 saturated carbocycles. The van der Waals surface area contributed by atoms with Crippen molar-refractivity contribution in [1.82, 2.24) is 0 Å². The van der Waals surface area contributed by atoms with Gasteiger partial charge in [-0.2, -0.15) is 0 Å². The third-order valence-electron chi connectivity index (χ3n) is 10.2. The van der Waals surface area contributed by atoms with Crippen molar-refractivity contribution in [1.29, 1.82) is 0 Å². The Labute approximate surface area is 302 Å². The number of para-hydroxylation sites is 3. The topological polar surface area (TPSA) is 6.48 Å². The molecule has 8 rings (SSSR count). The van der Waals surface area contributed by atoms with Gasteiger partial charge in [-0.1, -0.05) is 135 Å². The summed E-state index contributed by atoms with van der Waals surface area (Å²) in [4.78, 5) is 4.69. The Morgan fingerprint density at radius 2 is 0.882 bits per heavy atom. The molecular weight excluding hydrogens is 617 g/mol. The van der Waals surface area contributed by atoms with Crippen molar-refractivity contribution in [2.75, 3.05) is 9.80 Å². The van der Waals surface area contributed by atoms with Crippen LogP contribution in [-0.4, -0.2) is 0 Å². The van der Waals surface area contributed by atoms with Gasteiger partial charge >= 0.3 is 0 Å². The van der Waals surface area contributed by atoms with E-state index in [1.807, 2.05) is 0 Å². The second-order valence-corrected chi connectivity index (χ2v) is 14.0. The molecule has 2 nitrogen and oxygen atoms in total. The van der Waals surface area contributed by atoms with Crippen molar-refractivity contribution in [3.8, 4) is 11.1 Å². The first-order valence-corrected chi connectivity index (χ1v) is 17.8. The van der Waals surface area contributed by atoms with E-state index >= 15 is 0 Å². The van der Waals surface area contributed by atoms with E-state index in [-0.39, 0.29) is 5.41 Å². The first-order chi connectivity index (χ1) is 24.9. The molecule has 2 heteroatoms. The molecule has 0 aromatic heterocycles. The zero-order valence-electron chi connectivity index (χ0n) is 29.7. The number of hydrogen-bond donors (Lipinski definition) is 0. The molecule has 248 valence electrons. The summed E-state index contributed by atoms with van der Waals surface area (Å²) < 4.78 is 0. The molecule has 1 aliphatic carbocycles. The summed E-state index contributed by atoms with van der Waals surface area (Å²) in [7, 11) is 0. The van der Waals surface area contributed by atoms with Crippen LogP contribution in [0.3, 0.4) is 0 Å². The Hall–Kier alpha value is -6.12. The molecule has 7 aromatic rings. The minimum absolute atomic E-state index is 0.139. The SMILES string of the molecule is Cc1ccc(N(c2ccc(C=Cc3ccc4c(c3)C(C)(C)c3cc(N(c5ccccc5)c5ccccc5)ccc3-4)cc2)c2ccccc2C)cc1. The first-order valence-electron chi connectivity index (χ1n) is 17.8. The lowest BCUT2D eigenvalue weighted by atomic mass is 9.81. The van der Waals surface area contributed by atoms with Crippen LogP contribution in [0.4, 0.5) is 34.1 Å². The van der Waals surface area contributed by atoms with Crippen molar-refractivity contribution in [2.45, 2.75) is 33.1 Å². The zero-order chi connectivity index (χ0) is 35.0. The molecule has 0 bridgehead atoms. The molecule has 0 heterocycles. The van der Waals surface area contributed by atoms with Gasteiger partial charge in [0.2, 0.25) is 0 Å².